The standard InChI is InChI=1S/C3H10Si/c1-2-3-4/h2-3H2,1,4H3/p+1. The van der Waals surface area contributed by atoms with Gasteiger partial charge in [-0.3, -0.25) is 0 Å². The highest BCUT2D eigenvalue weighted by atomic mass is 28.1. The Bertz CT molecular complexity index is 8.85. The molecule has 0 aromatic carbocycles. The molecule has 0 aromatic rings. The first-order chi connectivity index (χ1) is 1.91. The SMILES string of the molecule is CCC[SiH3].[H+]. The van der Waals surface area contributed by atoms with Crippen LogP contribution in [0.4, 0.5) is 0 Å². The molecule has 0 saturated carbocycles. The van der Waals surface area contributed by atoms with E-state index in [-0.39, 0.29) is 1.43 Å². The zero-order valence-corrected chi connectivity index (χ0v) is 5.41. The van der Waals surface area contributed by atoms with E-state index in [9.17, 15) is 0 Å². The lowest BCUT2D eigenvalue weighted by atomic mass is 10.6. The molecular weight excluding hydrogens is 64.1 g/mol. The van der Waals surface area contributed by atoms with Crippen LogP contribution in [0.2, 0.25) is 6.04 Å². The van der Waals surface area contributed by atoms with Gasteiger partial charge in [0.1, 0.15) is 0 Å². The van der Waals surface area contributed by atoms with Crippen molar-refractivity contribution in [3.8, 4) is 0 Å². The molecule has 0 aromatic heterocycles. The molecule has 0 bridgehead atoms. The van der Waals surface area contributed by atoms with Crippen molar-refractivity contribution in [3.63, 3.8) is 0 Å². The third-order valence-electron chi connectivity index (χ3n) is 0.500. The molecule has 0 aliphatic heterocycles. The zero-order valence-electron chi connectivity index (χ0n) is 4.41. The maximum absolute atomic E-state index is 2.22. The lowest BCUT2D eigenvalue weighted by Gasteiger charge is -1.67. The van der Waals surface area contributed by atoms with E-state index in [1.165, 1.54) is 22.7 Å². The molecule has 0 saturated heterocycles. The smallest absolute Gasteiger partial charge is 0.0661 e. The lowest BCUT2D eigenvalue weighted by molar-refractivity contribution is 1.08. The molecule has 0 atom stereocenters. The molecule has 0 spiro atoms. The molecule has 0 unspecified atom stereocenters. The summed E-state index contributed by atoms with van der Waals surface area (Å²) in [4.78, 5) is 0. The van der Waals surface area contributed by atoms with Gasteiger partial charge in [0, 0.05) is 10.2 Å². The van der Waals surface area contributed by atoms with Crippen molar-refractivity contribution in [2.75, 3.05) is 0 Å². The highest BCUT2D eigenvalue weighted by molar-refractivity contribution is 6.08. The average molecular weight is 75.2 g/mol. The van der Waals surface area contributed by atoms with E-state index in [2.05, 4.69) is 6.92 Å². The summed E-state index contributed by atoms with van der Waals surface area (Å²) < 4.78 is 0. The van der Waals surface area contributed by atoms with Crippen LogP contribution in [0.1, 0.15) is 14.8 Å². The van der Waals surface area contributed by atoms with Crippen molar-refractivity contribution in [1.82, 2.24) is 0 Å². The van der Waals surface area contributed by atoms with Crippen molar-refractivity contribution in [3.05, 3.63) is 0 Å². The highest BCUT2D eigenvalue weighted by Gasteiger charge is 1.57. The lowest BCUT2D eigenvalue weighted by Crippen LogP contribution is -1.55. The summed E-state index contributed by atoms with van der Waals surface area (Å²) in [5.74, 6) is 0. The fourth-order valence-corrected chi connectivity index (χ4v) is 0. The summed E-state index contributed by atoms with van der Waals surface area (Å²) in [5, 5.41) is 0. The quantitative estimate of drug-likeness (QED) is 0.393. The van der Waals surface area contributed by atoms with Crippen LogP contribution in [-0.4, -0.2) is 10.2 Å². The van der Waals surface area contributed by atoms with Gasteiger partial charge in [-0.2, -0.15) is 0 Å². The first-order valence-electron chi connectivity index (χ1n) is 1.91. The molecular formula is C3H11Si+. The molecule has 0 rings (SSSR count). The largest absolute Gasteiger partial charge is 1.00 e. The summed E-state index contributed by atoms with van der Waals surface area (Å²) in [6, 6.07) is 1.46. The molecule has 0 aliphatic carbocycles. The summed E-state index contributed by atoms with van der Waals surface area (Å²) in [7, 11) is 1.39. The number of hydrogen-bond acceptors (Lipinski definition) is 0. The average Bonchev–Trinajstić information content (AvgIpc) is 1.37. The highest BCUT2D eigenvalue weighted by Crippen LogP contribution is 1.73. The second kappa shape index (κ2) is 3.22. The molecule has 0 N–H and O–H groups in total. The number of rotatable bonds is 1. The van der Waals surface area contributed by atoms with Gasteiger partial charge in [0.2, 0.25) is 0 Å². The van der Waals surface area contributed by atoms with Crippen LogP contribution < -0.4 is 0 Å². The van der Waals surface area contributed by atoms with Crippen molar-refractivity contribution in [1.29, 1.82) is 0 Å². The minimum atomic E-state index is 0. The van der Waals surface area contributed by atoms with Crippen LogP contribution in [0.5, 0.6) is 0 Å². The van der Waals surface area contributed by atoms with Crippen molar-refractivity contribution >= 4 is 10.2 Å². The Kier molecular flexibility index (Phi) is 3.39. The van der Waals surface area contributed by atoms with E-state index in [4.69, 9.17) is 0 Å². The Morgan fingerprint density at radius 3 is 2.25 bits per heavy atom. The van der Waals surface area contributed by atoms with Gasteiger partial charge in [-0.15, -0.1) is 0 Å². The van der Waals surface area contributed by atoms with Gasteiger partial charge >= 0.3 is 1.43 Å². The van der Waals surface area contributed by atoms with Gasteiger partial charge in [0.15, 0.2) is 0 Å². The Hall–Kier alpha value is 0.217. The molecule has 0 nitrogen and oxygen atoms in total. The van der Waals surface area contributed by atoms with Gasteiger partial charge in [-0.25, -0.2) is 0 Å². The first kappa shape index (κ1) is 4.22. The van der Waals surface area contributed by atoms with E-state index in [0.717, 1.165) is 0 Å². The van der Waals surface area contributed by atoms with E-state index in [0.29, 0.717) is 0 Å². The molecule has 26 valence electrons. The first-order valence-corrected chi connectivity index (χ1v) is 3.33. The van der Waals surface area contributed by atoms with Gasteiger partial charge in [0.25, 0.3) is 0 Å². The molecule has 0 amide bonds. The van der Waals surface area contributed by atoms with Crippen LogP contribution in [0.25, 0.3) is 0 Å². The predicted octanol–water partition coefficient (Wildman–Crippen LogP) is 0.293. The van der Waals surface area contributed by atoms with E-state index in [1.54, 1.807) is 0 Å². The summed E-state index contributed by atoms with van der Waals surface area (Å²) in [6.45, 7) is 2.22. The van der Waals surface area contributed by atoms with Crippen LogP contribution in [0, 0.1) is 0 Å². The minimum Gasteiger partial charge on any atom is -0.0661 e. The fourth-order valence-electron chi connectivity index (χ4n) is 0. The summed E-state index contributed by atoms with van der Waals surface area (Å²) in [5.41, 5.74) is 0. The second-order valence-electron chi connectivity index (χ2n) is 1.000. The molecule has 0 heterocycles. The fraction of sp³-hybridized carbons (Fsp3) is 1.00. The Morgan fingerprint density at radius 1 is 2.00 bits per heavy atom. The normalized spacial score (nSPS) is 8.25. The molecule has 4 heavy (non-hydrogen) atoms. The van der Waals surface area contributed by atoms with Crippen molar-refractivity contribution < 1.29 is 1.43 Å². The van der Waals surface area contributed by atoms with E-state index < -0.39 is 0 Å². The van der Waals surface area contributed by atoms with Crippen LogP contribution in [-0.2, 0) is 0 Å². The minimum absolute atomic E-state index is 0. The molecule has 1 heteroatoms. The van der Waals surface area contributed by atoms with Gasteiger partial charge in [-0.05, 0) is 0 Å². The third-order valence-corrected chi connectivity index (χ3v) is 1.50. The number of hydrogen-bond donors (Lipinski definition) is 0. The van der Waals surface area contributed by atoms with E-state index in [1.807, 2.05) is 0 Å². The van der Waals surface area contributed by atoms with E-state index >= 15 is 0 Å². The maximum Gasteiger partial charge on any atom is 1.00 e. The predicted molar refractivity (Wildman–Crippen MR) is 26.1 cm³/mol. The Morgan fingerprint density at radius 2 is 2.25 bits per heavy atom. The third kappa shape index (κ3) is 2.22. The van der Waals surface area contributed by atoms with Crippen LogP contribution in [0.3, 0.4) is 0 Å². The van der Waals surface area contributed by atoms with Crippen LogP contribution in [0.15, 0.2) is 0 Å². The van der Waals surface area contributed by atoms with Crippen molar-refractivity contribution in [2.45, 2.75) is 19.4 Å². The van der Waals surface area contributed by atoms with Crippen molar-refractivity contribution in [2.24, 2.45) is 0 Å². The van der Waals surface area contributed by atoms with Gasteiger partial charge in [-0.1, -0.05) is 19.4 Å². The topological polar surface area (TPSA) is 0 Å². The molecule has 0 radical (unpaired) electrons. The van der Waals surface area contributed by atoms with Gasteiger partial charge in [0.05, 0.1) is 0 Å². The van der Waals surface area contributed by atoms with Gasteiger partial charge < -0.3 is 0 Å². The Balaban J connectivity index is 0. The second-order valence-corrected chi connectivity index (χ2v) is 2.00. The summed E-state index contributed by atoms with van der Waals surface area (Å²) in [6.07, 6.45) is 1.38. The molecule has 0 fully saturated rings. The zero-order chi connectivity index (χ0) is 3.41. The maximum atomic E-state index is 2.22. The Labute approximate surface area is 32.1 Å². The van der Waals surface area contributed by atoms with Crippen LogP contribution >= 0.6 is 0 Å². The monoisotopic (exact) mass is 75.1 g/mol. The molecule has 0 aliphatic rings. The summed E-state index contributed by atoms with van der Waals surface area (Å²) >= 11 is 0.